The zero-order chi connectivity index (χ0) is 24.7. The fourth-order valence-electron chi connectivity index (χ4n) is 4.31. The maximum absolute atomic E-state index is 13.7. The van der Waals surface area contributed by atoms with Crippen molar-refractivity contribution in [1.29, 1.82) is 0 Å². The molecule has 0 fully saturated rings. The second-order valence-corrected chi connectivity index (χ2v) is 8.72. The molecular formula is C31H27FN2O2. The minimum atomic E-state index is -0.500. The average molecular weight is 479 g/mol. The standard InChI is InChI=1S/C31H27FN2O2/c32-25-13-11-22(12-14-25)17-18-33-30(24-9-5-2-6-10-24)31(35)28-20-34-29-19-26(15-16-27(28)29)36-21-23-7-3-1-4-8-23/h1-16,19-20,30,33-34H,17-18,21H2. The first kappa shape index (κ1) is 23.5. The lowest BCUT2D eigenvalue weighted by molar-refractivity contribution is 0.0945. The number of carbonyl (C=O) groups excluding carboxylic acids is 1. The molecule has 180 valence electrons. The Balaban J connectivity index is 1.33. The molecule has 1 heterocycles. The summed E-state index contributed by atoms with van der Waals surface area (Å²) in [5.41, 5.74) is 4.49. The molecule has 0 saturated carbocycles. The second kappa shape index (κ2) is 11.0. The molecular weight excluding hydrogens is 451 g/mol. The molecule has 5 heteroatoms. The van der Waals surface area contributed by atoms with Gasteiger partial charge in [-0.15, -0.1) is 0 Å². The summed E-state index contributed by atoms with van der Waals surface area (Å²) in [6.07, 6.45) is 2.46. The number of nitrogens with one attached hydrogen (secondary N) is 2. The van der Waals surface area contributed by atoms with Gasteiger partial charge in [-0.05, 0) is 47.4 Å². The van der Waals surface area contributed by atoms with Crippen LogP contribution in [0.2, 0.25) is 0 Å². The first-order valence-electron chi connectivity index (χ1n) is 12.0. The normalized spacial score (nSPS) is 11.9. The predicted molar refractivity (Wildman–Crippen MR) is 141 cm³/mol. The average Bonchev–Trinajstić information content (AvgIpc) is 3.35. The topological polar surface area (TPSA) is 54.1 Å². The van der Waals surface area contributed by atoms with Crippen LogP contribution in [-0.2, 0) is 13.0 Å². The molecule has 1 atom stereocenters. The van der Waals surface area contributed by atoms with E-state index in [1.165, 1.54) is 12.1 Å². The SMILES string of the molecule is O=C(c1c[nH]c2cc(OCc3ccccc3)ccc12)C(NCCc1ccc(F)cc1)c1ccccc1. The molecule has 0 aliphatic heterocycles. The largest absolute Gasteiger partial charge is 0.489 e. The third-order valence-electron chi connectivity index (χ3n) is 6.24. The summed E-state index contributed by atoms with van der Waals surface area (Å²) in [5, 5.41) is 4.27. The van der Waals surface area contributed by atoms with Gasteiger partial charge in [0.1, 0.15) is 18.2 Å². The van der Waals surface area contributed by atoms with E-state index in [0.29, 0.717) is 25.1 Å². The van der Waals surface area contributed by atoms with E-state index >= 15 is 0 Å². The highest BCUT2D eigenvalue weighted by Gasteiger charge is 2.24. The minimum absolute atomic E-state index is 0.00971. The van der Waals surface area contributed by atoms with Crippen molar-refractivity contribution in [3.05, 3.63) is 137 Å². The highest BCUT2D eigenvalue weighted by Crippen LogP contribution is 2.28. The van der Waals surface area contributed by atoms with Crippen LogP contribution in [0.3, 0.4) is 0 Å². The smallest absolute Gasteiger partial charge is 0.186 e. The van der Waals surface area contributed by atoms with Crippen molar-refractivity contribution in [2.75, 3.05) is 6.54 Å². The quantitative estimate of drug-likeness (QED) is 0.221. The van der Waals surface area contributed by atoms with E-state index in [2.05, 4.69) is 10.3 Å². The molecule has 1 aromatic heterocycles. The number of fused-ring (bicyclic) bond motifs is 1. The van der Waals surface area contributed by atoms with Gasteiger partial charge in [0, 0.05) is 35.3 Å². The van der Waals surface area contributed by atoms with Crippen LogP contribution in [0.5, 0.6) is 5.75 Å². The van der Waals surface area contributed by atoms with Crippen LogP contribution in [0.15, 0.2) is 109 Å². The summed E-state index contributed by atoms with van der Waals surface area (Å²) < 4.78 is 19.2. The van der Waals surface area contributed by atoms with Gasteiger partial charge in [-0.2, -0.15) is 0 Å². The fourth-order valence-corrected chi connectivity index (χ4v) is 4.31. The van der Waals surface area contributed by atoms with Crippen molar-refractivity contribution < 1.29 is 13.9 Å². The number of H-pyrrole nitrogens is 1. The third kappa shape index (κ3) is 5.53. The lowest BCUT2D eigenvalue weighted by Crippen LogP contribution is -2.30. The van der Waals surface area contributed by atoms with Gasteiger partial charge in [0.05, 0.1) is 6.04 Å². The van der Waals surface area contributed by atoms with Crippen molar-refractivity contribution in [3.63, 3.8) is 0 Å². The summed E-state index contributed by atoms with van der Waals surface area (Å²) in [5.74, 6) is 0.478. The number of aromatic nitrogens is 1. The summed E-state index contributed by atoms with van der Waals surface area (Å²) in [7, 11) is 0. The highest BCUT2D eigenvalue weighted by molar-refractivity contribution is 6.10. The van der Waals surface area contributed by atoms with E-state index < -0.39 is 6.04 Å². The van der Waals surface area contributed by atoms with Gasteiger partial charge in [-0.1, -0.05) is 72.8 Å². The van der Waals surface area contributed by atoms with Gasteiger partial charge in [-0.25, -0.2) is 4.39 Å². The maximum atomic E-state index is 13.7. The molecule has 4 aromatic carbocycles. The minimum Gasteiger partial charge on any atom is -0.489 e. The number of ether oxygens (including phenoxy) is 1. The molecule has 0 bridgehead atoms. The lowest BCUT2D eigenvalue weighted by Gasteiger charge is -2.18. The molecule has 0 aliphatic rings. The van der Waals surface area contributed by atoms with Crippen molar-refractivity contribution in [1.82, 2.24) is 10.3 Å². The maximum Gasteiger partial charge on any atom is 0.186 e. The molecule has 5 rings (SSSR count). The number of rotatable bonds is 10. The Kier molecular flexibility index (Phi) is 7.20. The number of hydrogen-bond acceptors (Lipinski definition) is 3. The number of Topliss-reactive ketones (excluding diaryl/α,β-unsaturated/α-hetero) is 1. The van der Waals surface area contributed by atoms with Gasteiger partial charge in [0.15, 0.2) is 5.78 Å². The highest BCUT2D eigenvalue weighted by atomic mass is 19.1. The molecule has 2 N–H and O–H groups in total. The Morgan fingerprint density at radius 2 is 1.58 bits per heavy atom. The Bertz CT molecular complexity index is 1430. The number of ketones is 1. The lowest BCUT2D eigenvalue weighted by atomic mass is 9.96. The Morgan fingerprint density at radius 1 is 0.861 bits per heavy atom. The van der Waals surface area contributed by atoms with Crippen molar-refractivity contribution in [2.24, 2.45) is 0 Å². The summed E-state index contributed by atoms with van der Waals surface area (Å²) >= 11 is 0. The molecule has 0 spiro atoms. The third-order valence-corrected chi connectivity index (χ3v) is 6.24. The zero-order valence-electron chi connectivity index (χ0n) is 19.8. The molecule has 0 aliphatic carbocycles. The van der Waals surface area contributed by atoms with Crippen LogP contribution in [0.1, 0.15) is 33.1 Å². The van der Waals surface area contributed by atoms with Crippen molar-refractivity contribution >= 4 is 16.7 Å². The van der Waals surface area contributed by atoms with Gasteiger partial charge in [0.25, 0.3) is 0 Å². The number of benzene rings is 4. The number of halogens is 1. The molecule has 4 nitrogen and oxygen atoms in total. The van der Waals surface area contributed by atoms with E-state index in [9.17, 15) is 9.18 Å². The first-order chi connectivity index (χ1) is 17.7. The van der Waals surface area contributed by atoms with E-state index in [-0.39, 0.29) is 11.6 Å². The van der Waals surface area contributed by atoms with Crippen molar-refractivity contribution in [3.8, 4) is 5.75 Å². The van der Waals surface area contributed by atoms with E-state index in [0.717, 1.165) is 33.3 Å². The van der Waals surface area contributed by atoms with Crippen LogP contribution in [0.4, 0.5) is 4.39 Å². The monoisotopic (exact) mass is 478 g/mol. The Hall–Kier alpha value is -4.22. The molecule has 5 aromatic rings. The first-order valence-corrected chi connectivity index (χ1v) is 12.0. The second-order valence-electron chi connectivity index (χ2n) is 8.72. The molecule has 0 radical (unpaired) electrons. The molecule has 0 saturated heterocycles. The van der Waals surface area contributed by atoms with Gasteiger partial charge in [-0.3, -0.25) is 4.79 Å². The summed E-state index contributed by atoms with van der Waals surface area (Å²) in [6.45, 7) is 1.06. The number of carbonyl (C=O) groups is 1. The van der Waals surface area contributed by atoms with Crippen LogP contribution in [0.25, 0.3) is 10.9 Å². The van der Waals surface area contributed by atoms with E-state index in [1.807, 2.05) is 78.9 Å². The molecule has 36 heavy (non-hydrogen) atoms. The molecule has 1 unspecified atom stereocenters. The van der Waals surface area contributed by atoms with Gasteiger partial charge >= 0.3 is 0 Å². The summed E-state index contributed by atoms with van der Waals surface area (Å²) in [6, 6.07) is 31.4. The van der Waals surface area contributed by atoms with E-state index in [1.54, 1.807) is 18.3 Å². The van der Waals surface area contributed by atoms with Gasteiger partial charge in [0.2, 0.25) is 0 Å². The Morgan fingerprint density at radius 3 is 2.33 bits per heavy atom. The molecule has 0 amide bonds. The van der Waals surface area contributed by atoms with Crippen LogP contribution < -0.4 is 10.1 Å². The van der Waals surface area contributed by atoms with Crippen LogP contribution in [0, 0.1) is 5.82 Å². The fraction of sp³-hybridized carbons (Fsp3) is 0.129. The number of hydrogen-bond donors (Lipinski definition) is 2. The number of aromatic amines is 1. The summed E-state index contributed by atoms with van der Waals surface area (Å²) in [4.78, 5) is 17.0. The zero-order valence-corrected chi connectivity index (χ0v) is 19.8. The van der Waals surface area contributed by atoms with Gasteiger partial charge < -0.3 is 15.0 Å². The van der Waals surface area contributed by atoms with Crippen LogP contribution in [-0.4, -0.2) is 17.3 Å². The Labute approximate surface area is 209 Å². The predicted octanol–water partition coefficient (Wildman–Crippen LogP) is 6.64. The van der Waals surface area contributed by atoms with Crippen molar-refractivity contribution in [2.45, 2.75) is 19.1 Å². The van der Waals surface area contributed by atoms with Crippen LogP contribution >= 0.6 is 0 Å². The van der Waals surface area contributed by atoms with E-state index in [4.69, 9.17) is 4.74 Å².